The third-order valence-electron chi connectivity index (χ3n) is 4.69. The normalized spacial score (nSPS) is 11.2. The number of anilines is 1. The number of benzene rings is 2. The smallest absolute Gasteiger partial charge is 0.268 e. The second-order valence-electron chi connectivity index (χ2n) is 6.24. The number of amides is 1. The molecule has 4 aromatic rings. The summed E-state index contributed by atoms with van der Waals surface area (Å²) < 4.78 is 2.59. The molecule has 0 bridgehead atoms. The highest BCUT2D eigenvalue weighted by molar-refractivity contribution is 7.21. The minimum atomic E-state index is -0.184. The van der Waals surface area contributed by atoms with Gasteiger partial charge < -0.3 is 9.47 Å². The van der Waals surface area contributed by atoms with Crippen LogP contribution in [0.15, 0.2) is 59.4 Å². The number of nitrogens with zero attached hydrogens (tertiary/aromatic N) is 2. The van der Waals surface area contributed by atoms with Gasteiger partial charge in [0.05, 0.1) is 26.5 Å². The molecular weight excluding hydrogens is 380 g/mol. The van der Waals surface area contributed by atoms with Crippen molar-refractivity contribution in [3.63, 3.8) is 0 Å². The Morgan fingerprint density at radius 3 is 2.56 bits per heavy atom. The number of hydrogen-bond donors (Lipinski definition) is 0. The molecule has 0 aliphatic rings. The standard InChI is InChI=1S/C21H17ClN2O2S/c1-3-24-16-10-6-4-8-13(16)19-14(20(24)25)12-18(27-19)21(26)23(2)17-11-7-5-9-15(17)22/h4-12H,3H2,1-2H3. The lowest BCUT2D eigenvalue weighted by atomic mass is 10.1. The van der Waals surface area contributed by atoms with Gasteiger partial charge >= 0.3 is 0 Å². The van der Waals surface area contributed by atoms with Crippen molar-refractivity contribution < 1.29 is 4.79 Å². The minimum Gasteiger partial charge on any atom is -0.309 e. The van der Waals surface area contributed by atoms with Gasteiger partial charge in [-0.1, -0.05) is 41.9 Å². The molecule has 6 heteroatoms. The van der Waals surface area contributed by atoms with Crippen LogP contribution in [0, 0.1) is 0 Å². The number of rotatable bonds is 3. The van der Waals surface area contributed by atoms with Gasteiger partial charge in [0.1, 0.15) is 0 Å². The van der Waals surface area contributed by atoms with Crippen LogP contribution in [0.3, 0.4) is 0 Å². The first-order valence-electron chi connectivity index (χ1n) is 8.60. The monoisotopic (exact) mass is 396 g/mol. The summed E-state index contributed by atoms with van der Waals surface area (Å²) in [6.07, 6.45) is 0. The molecule has 0 radical (unpaired) electrons. The van der Waals surface area contributed by atoms with Crippen molar-refractivity contribution in [1.29, 1.82) is 0 Å². The summed E-state index contributed by atoms with van der Waals surface area (Å²) in [5, 5.41) is 2.07. The van der Waals surface area contributed by atoms with Crippen LogP contribution in [0.5, 0.6) is 0 Å². The number of carbonyl (C=O) groups excluding carboxylic acids is 1. The lowest BCUT2D eigenvalue weighted by molar-refractivity contribution is 0.0997. The highest BCUT2D eigenvalue weighted by Crippen LogP contribution is 2.32. The third kappa shape index (κ3) is 2.83. The summed E-state index contributed by atoms with van der Waals surface area (Å²) in [5.41, 5.74) is 1.46. The Morgan fingerprint density at radius 1 is 1.11 bits per heavy atom. The van der Waals surface area contributed by atoms with E-state index in [1.165, 1.54) is 16.2 Å². The van der Waals surface area contributed by atoms with E-state index in [0.717, 1.165) is 15.6 Å². The van der Waals surface area contributed by atoms with E-state index in [9.17, 15) is 9.59 Å². The molecule has 0 saturated carbocycles. The van der Waals surface area contributed by atoms with Gasteiger partial charge in [0.15, 0.2) is 0 Å². The molecule has 0 spiro atoms. The van der Waals surface area contributed by atoms with Crippen LogP contribution in [0.2, 0.25) is 5.02 Å². The number of halogens is 1. The van der Waals surface area contributed by atoms with Crippen molar-refractivity contribution in [2.45, 2.75) is 13.5 Å². The Kier molecular flexibility index (Phi) is 4.50. The fourth-order valence-electron chi connectivity index (χ4n) is 3.32. The zero-order valence-corrected chi connectivity index (χ0v) is 16.5. The number of para-hydroxylation sites is 2. The van der Waals surface area contributed by atoms with Crippen LogP contribution in [0.1, 0.15) is 16.6 Å². The van der Waals surface area contributed by atoms with Gasteiger partial charge in [0.25, 0.3) is 11.5 Å². The fourth-order valence-corrected chi connectivity index (χ4v) is 4.75. The predicted molar refractivity (Wildman–Crippen MR) is 113 cm³/mol. The maximum atomic E-state index is 13.0. The average molecular weight is 397 g/mol. The minimum absolute atomic E-state index is 0.0677. The first-order chi connectivity index (χ1) is 13.0. The summed E-state index contributed by atoms with van der Waals surface area (Å²) in [6, 6.07) is 16.7. The Morgan fingerprint density at radius 2 is 1.81 bits per heavy atom. The largest absolute Gasteiger partial charge is 0.309 e. The van der Waals surface area contributed by atoms with E-state index < -0.39 is 0 Å². The Bertz CT molecular complexity index is 1240. The number of hydrogen-bond acceptors (Lipinski definition) is 3. The van der Waals surface area contributed by atoms with Gasteiger partial charge in [0.2, 0.25) is 0 Å². The van der Waals surface area contributed by atoms with Crippen molar-refractivity contribution in [2.24, 2.45) is 0 Å². The first-order valence-corrected chi connectivity index (χ1v) is 9.80. The van der Waals surface area contributed by atoms with Crippen molar-refractivity contribution in [3.05, 3.63) is 74.9 Å². The number of carbonyl (C=O) groups is 1. The number of aromatic nitrogens is 1. The molecule has 27 heavy (non-hydrogen) atoms. The zero-order valence-electron chi connectivity index (χ0n) is 14.9. The van der Waals surface area contributed by atoms with Crippen LogP contribution in [-0.2, 0) is 6.54 Å². The van der Waals surface area contributed by atoms with E-state index in [-0.39, 0.29) is 11.5 Å². The van der Waals surface area contributed by atoms with E-state index in [0.29, 0.717) is 27.5 Å². The van der Waals surface area contributed by atoms with Gasteiger partial charge in [-0.25, -0.2) is 0 Å². The molecule has 4 rings (SSSR count). The SMILES string of the molecule is CCn1c(=O)c2cc(C(=O)N(C)c3ccccc3Cl)sc2c2ccccc21. The maximum absolute atomic E-state index is 13.0. The third-order valence-corrected chi connectivity index (χ3v) is 6.17. The van der Waals surface area contributed by atoms with Gasteiger partial charge in [-0.2, -0.15) is 0 Å². The zero-order chi connectivity index (χ0) is 19.1. The second kappa shape index (κ2) is 6.83. The van der Waals surface area contributed by atoms with E-state index in [2.05, 4.69) is 0 Å². The Hall–Kier alpha value is -2.63. The molecule has 2 aromatic heterocycles. The van der Waals surface area contributed by atoms with E-state index >= 15 is 0 Å². The number of fused-ring (bicyclic) bond motifs is 3. The molecule has 2 heterocycles. The number of aryl methyl sites for hydroxylation is 1. The first kappa shape index (κ1) is 17.8. The number of pyridine rings is 1. The van der Waals surface area contributed by atoms with E-state index in [1.54, 1.807) is 29.8 Å². The fraction of sp³-hybridized carbons (Fsp3) is 0.143. The van der Waals surface area contributed by atoms with Crippen LogP contribution >= 0.6 is 22.9 Å². The van der Waals surface area contributed by atoms with Crippen molar-refractivity contribution in [2.75, 3.05) is 11.9 Å². The molecule has 0 N–H and O–H groups in total. The van der Waals surface area contributed by atoms with Gasteiger partial charge in [0, 0.05) is 23.7 Å². The summed E-state index contributed by atoms with van der Waals surface area (Å²) in [5.74, 6) is -0.184. The van der Waals surface area contributed by atoms with Crippen molar-refractivity contribution in [1.82, 2.24) is 4.57 Å². The van der Waals surface area contributed by atoms with E-state index in [1.807, 2.05) is 43.3 Å². The van der Waals surface area contributed by atoms with Crippen molar-refractivity contribution in [3.8, 4) is 0 Å². The average Bonchev–Trinajstić information content (AvgIpc) is 3.14. The summed E-state index contributed by atoms with van der Waals surface area (Å²) in [4.78, 5) is 28.0. The van der Waals surface area contributed by atoms with Gasteiger partial charge in [-0.05, 0) is 31.2 Å². The molecule has 136 valence electrons. The molecular formula is C21H17ClN2O2S. The quantitative estimate of drug-likeness (QED) is 0.479. The van der Waals surface area contributed by atoms with Crippen LogP contribution in [0.4, 0.5) is 5.69 Å². The molecule has 2 aromatic carbocycles. The Labute approximate surface area is 165 Å². The highest BCUT2D eigenvalue weighted by atomic mass is 35.5. The Balaban J connectivity index is 1.90. The summed E-state index contributed by atoms with van der Waals surface area (Å²) in [7, 11) is 1.69. The van der Waals surface area contributed by atoms with Gasteiger partial charge in [-0.3, -0.25) is 9.59 Å². The topological polar surface area (TPSA) is 42.3 Å². The van der Waals surface area contributed by atoms with Crippen LogP contribution in [0.25, 0.3) is 21.0 Å². The summed E-state index contributed by atoms with van der Waals surface area (Å²) in [6.45, 7) is 2.53. The molecule has 0 unspecified atom stereocenters. The van der Waals surface area contributed by atoms with Crippen LogP contribution < -0.4 is 10.5 Å². The summed E-state index contributed by atoms with van der Waals surface area (Å²) >= 11 is 7.58. The molecule has 4 nitrogen and oxygen atoms in total. The second-order valence-corrected chi connectivity index (χ2v) is 7.69. The molecule has 0 aliphatic heterocycles. The van der Waals surface area contributed by atoms with Gasteiger partial charge in [-0.15, -0.1) is 11.3 Å². The maximum Gasteiger partial charge on any atom is 0.268 e. The molecule has 0 atom stereocenters. The lowest BCUT2D eigenvalue weighted by Gasteiger charge is -2.17. The number of thiophene rings is 1. The highest BCUT2D eigenvalue weighted by Gasteiger charge is 2.21. The molecule has 0 aliphatic carbocycles. The predicted octanol–water partition coefficient (Wildman–Crippen LogP) is 5.17. The molecule has 0 saturated heterocycles. The van der Waals surface area contributed by atoms with Crippen LogP contribution in [-0.4, -0.2) is 17.5 Å². The molecule has 0 fully saturated rings. The van der Waals surface area contributed by atoms with Crippen molar-refractivity contribution >= 4 is 55.5 Å². The van der Waals surface area contributed by atoms with E-state index in [4.69, 9.17) is 11.6 Å². The molecule has 1 amide bonds. The lowest BCUT2D eigenvalue weighted by Crippen LogP contribution is -2.25.